The van der Waals surface area contributed by atoms with E-state index in [-0.39, 0.29) is 11.3 Å². The number of hydrogen-bond acceptors (Lipinski definition) is 3. The van der Waals surface area contributed by atoms with Crippen LogP contribution < -0.4 is 5.32 Å². The summed E-state index contributed by atoms with van der Waals surface area (Å²) < 4.78 is 0. The average Bonchev–Trinajstić information content (AvgIpc) is 2.58. The van der Waals surface area contributed by atoms with E-state index in [0.717, 1.165) is 42.6 Å². The third-order valence-corrected chi connectivity index (χ3v) is 7.22. The summed E-state index contributed by atoms with van der Waals surface area (Å²) in [5.41, 5.74) is 0.746. The van der Waals surface area contributed by atoms with Crippen LogP contribution in [0.4, 0.5) is 0 Å². The lowest BCUT2D eigenvalue weighted by Crippen LogP contribution is -2.54. The van der Waals surface area contributed by atoms with Crippen LogP contribution in [0, 0.1) is 23.2 Å². The molecule has 3 nitrogen and oxygen atoms in total. The zero-order chi connectivity index (χ0) is 16.7. The summed E-state index contributed by atoms with van der Waals surface area (Å²) in [6.45, 7) is 0.319. The predicted molar refractivity (Wildman–Crippen MR) is 96.8 cm³/mol. The van der Waals surface area contributed by atoms with E-state index >= 15 is 0 Å². The molecular formula is C20H27NO2S. The van der Waals surface area contributed by atoms with Gasteiger partial charge in [-0.1, -0.05) is 12.1 Å². The lowest BCUT2D eigenvalue weighted by atomic mass is 9.49. The second kappa shape index (κ2) is 6.38. The van der Waals surface area contributed by atoms with E-state index in [0.29, 0.717) is 6.54 Å². The van der Waals surface area contributed by atoms with Crippen LogP contribution in [0.3, 0.4) is 0 Å². The van der Waals surface area contributed by atoms with Crippen molar-refractivity contribution in [3.63, 3.8) is 0 Å². The third-order valence-electron chi connectivity index (χ3n) is 6.48. The zero-order valence-corrected chi connectivity index (χ0v) is 15.1. The maximum absolute atomic E-state index is 12.9. The molecule has 1 atom stereocenters. The molecule has 4 aliphatic carbocycles. The van der Waals surface area contributed by atoms with Crippen molar-refractivity contribution in [3.05, 3.63) is 29.8 Å². The van der Waals surface area contributed by atoms with Gasteiger partial charge in [-0.15, -0.1) is 11.8 Å². The molecule has 0 heterocycles. The highest BCUT2D eigenvalue weighted by Gasteiger charge is 2.54. The third kappa shape index (κ3) is 2.99. The van der Waals surface area contributed by atoms with Gasteiger partial charge in [0.15, 0.2) is 0 Å². The van der Waals surface area contributed by atoms with Crippen LogP contribution in [0.2, 0.25) is 0 Å². The first kappa shape index (κ1) is 16.5. The molecule has 5 rings (SSSR count). The van der Waals surface area contributed by atoms with Crippen LogP contribution in [0.5, 0.6) is 0 Å². The highest BCUT2D eigenvalue weighted by atomic mass is 32.2. The molecule has 4 fully saturated rings. The van der Waals surface area contributed by atoms with Crippen molar-refractivity contribution in [2.45, 2.75) is 49.5 Å². The Hall–Kier alpha value is -1.00. The highest BCUT2D eigenvalue weighted by Crippen LogP contribution is 2.60. The number of nitrogens with one attached hydrogen (secondary N) is 1. The molecule has 0 aliphatic heterocycles. The summed E-state index contributed by atoms with van der Waals surface area (Å²) in [5.74, 6) is 2.50. The predicted octanol–water partition coefficient (Wildman–Crippen LogP) is 3.77. The van der Waals surface area contributed by atoms with E-state index in [1.54, 1.807) is 11.8 Å². The largest absolute Gasteiger partial charge is 0.387 e. The smallest absolute Gasteiger partial charge is 0.226 e. The molecule has 0 saturated heterocycles. The molecule has 0 spiro atoms. The van der Waals surface area contributed by atoms with E-state index in [1.807, 2.05) is 30.5 Å². The van der Waals surface area contributed by atoms with Crippen LogP contribution in [0.1, 0.15) is 50.2 Å². The zero-order valence-electron chi connectivity index (χ0n) is 14.3. The fourth-order valence-corrected chi connectivity index (χ4v) is 6.12. The number of hydrogen-bond donors (Lipinski definition) is 2. The van der Waals surface area contributed by atoms with Crippen LogP contribution in [0.15, 0.2) is 29.2 Å². The number of aliphatic hydroxyl groups excluding tert-OH is 1. The van der Waals surface area contributed by atoms with Crippen LogP contribution in [-0.4, -0.2) is 23.8 Å². The second-order valence-electron chi connectivity index (χ2n) is 8.20. The maximum Gasteiger partial charge on any atom is 0.226 e. The minimum Gasteiger partial charge on any atom is -0.387 e. The van der Waals surface area contributed by atoms with Gasteiger partial charge in [0.1, 0.15) is 0 Å². The number of amides is 1. The molecule has 2 N–H and O–H groups in total. The molecule has 0 radical (unpaired) electrons. The second-order valence-corrected chi connectivity index (χ2v) is 9.08. The Morgan fingerprint density at radius 2 is 1.71 bits per heavy atom. The van der Waals surface area contributed by atoms with Crippen molar-refractivity contribution in [1.29, 1.82) is 0 Å². The summed E-state index contributed by atoms with van der Waals surface area (Å²) in [6.07, 6.45) is 8.66. The van der Waals surface area contributed by atoms with Crippen molar-refractivity contribution < 1.29 is 9.90 Å². The standard InChI is InChI=1S/C20H27NO2S/c1-24-17-4-2-16(3-5-17)18(22)12-21-19(23)20-9-13-6-14(10-20)8-15(7-13)11-20/h2-5,13-15,18,22H,6-12H2,1H3,(H,21,23). The summed E-state index contributed by atoms with van der Waals surface area (Å²) in [5, 5.41) is 13.5. The molecular weight excluding hydrogens is 318 g/mol. The Morgan fingerprint density at radius 3 is 2.21 bits per heavy atom. The number of carbonyl (C=O) groups excluding carboxylic acids is 1. The SMILES string of the molecule is CSc1ccc(C(O)CNC(=O)C23CC4CC(CC(C4)C2)C3)cc1. The van der Waals surface area contributed by atoms with Gasteiger partial charge in [-0.05, 0) is 80.2 Å². The number of rotatable bonds is 5. The fourth-order valence-electron chi connectivity index (χ4n) is 5.71. The van der Waals surface area contributed by atoms with Crippen molar-refractivity contribution in [2.24, 2.45) is 23.2 Å². The topological polar surface area (TPSA) is 49.3 Å². The quantitative estimate of drug-likeness (QED) is 0.799. The van der Waals surface area contributed by atoms with Crippen LogP contribution in [-0.2, 0) is 4.79 Å². The molecule has 1 unspecified atom stereocenters. The Kier molecular flexibility index (Phi) is 4.38. The van der Waals surface area contributed by atoms with Crippen molar-refractivity contribution in [1.82, 2.24) is 5.32 Å². The number of benzene rings is 1. The van der Waals surface area contributed by atoms with Crippen molar-refractivity contribution in [2.75, 3.05) is 12.8 Å². The van der Waals surface area contributed by atoms with Gasteiger partial charge >= 0.3 is 0 Å². The van der Waals surface area contributed by atoms with Crippen LogP contribution >= 0.6 is 11.8 Å². The Labute approximate surface area is 148 Å². The van der Waals surface area contributed by atoms with Gasteiger partial charge < -0.3 is 10.4 Å². The van der Waals surface area contributed by atoms with Crippen molar-refractivity contribution >= 4 is 17.7 Å². The Bertz CT molecular complexity index is 577. The number of thioether (sulfide) groups is 1. The lowest BCUT2D eigenvalue weighted by Gasteiger charge is -2.55. The van der Waals surface area contributed by atoms with Gasteiger partial charge in [-0.25, -0.2) is 0 Å². The van der Waals surface area contributed by atoms with Gasteiger partial charge in [0.25, 0.3) is 0 Å². The molecule has 4 heteroatoms. The Morgan fingerprint density at radius 1 is 1.17 bits per heavy atom. The van der Waals surface area contributed by atoms with E-state index in [1.165, 1.54) is 24.2 Å². The van der Waals surface area contributed by atoms with E-state index in [4.69, 9.17) is 0 Å². The molecule has 1 aromatic rings. The van der Waals surface area contributed by atoms with Crippen molar-refractivity contribution in [3.8, 4) is 0 Å². The van der Waals surface area contributed by atoms with Crippen LogP contribution in [0.25, 0.3) is 0 Å². The molecule has 4 bridgehead atoms. The molecule has 1 aromatic carbocycles. The maximum atomic E-state index is 12.9. The summed E-state index contributed by atoms with van der Waals surface area (Å²) >= 11 is 1.69. The fraction of sp³-hybridized carbons (Fsp3) is 0.650. The summed E-state index contributed by atoms with van der Waals surface area (Å²) in [4.78, 5) is 14.1. The van der Waals surface area contributed by atoms with Gasteiger partial charge in [0, 0.05) is 16.9 Å². The van der Waals surface area contributed by atoms with Gasteiger partial charge in [0.05, 0.1) is 6.10 Å². The number of carbonyl (C=O) groups is 1. The molecule has 1 amide bonds. The van der Waals surface area contributed by atoms with E-state index in [2.05, 4.69) is 5.32 Å². The first-order chi connectivity index (χ1) is 11.6. The normalized spacial score (nSPS) is 35.0. The van der Waals surface area contributed by atoms with E-state index < -0.39 is 6.10 Å². The van der Waals surface area contributed by atoms with Gasteiger partial charge in [-0.3, -0.25) is 4.79 Å². The molecule has 4 aliphatic rings. The lowest BCUT2D eigenvalue weighted by molar-refractivity contribution is -0.146. The first-order valence-electron chi connectivity index (χ1n) is 9.18. The van der Waals surface area contributed by atoms with E-state index in [9.17, 15) is 9.90 Å². The van der Waals surface area contributed by atoms with Gasteiger partial charge in [-0.2, -0.15) is 0 Å². The van der Waals surface area contributed by atoms with Gasteiger partial charge in [0.2, 0.25) is 5.91 Å². The first-order valence-corrected chi connectivity index (χ1v) is 10.4. The molecule has 0 aromatic heterocycles. The monoisotopic (exact) mass is 345 g/mol. The highest BCUT2D eigenvalue weighted by molar-refractivity contribution is 7.98. The Balaban J connectivity index is 1.37. The molecule has 4 saturated carbocycles. The summed E-state index contributed by atoms with van der Waals surface area (Å²) in [7, 11) is 0. The average molecular weight is 346 g/mol. The minimum atomic E-state index is -0.626. The minimum absolute atomic E-state index is 0.128. The summed E-state index contributed by atoms with van der Waals surface area (Å²) in [6, 6.07) is 7.94. The molecule has 24 heavy (non-hydrogen) atoms. The number of aliphatic hydroxyl groups is 1. The molecule has 130 valence electrons.